The molecule has 158 valence electrons. The molecule has 0 fully saturated rings. The average Bonchev–Trinajstić information content (AvgIpc) is 3.47. The number of amides is 1. The van der Waals surface area contributed by atoms with Crippen LogP contribution < -0.4 is 5.32 Å². The summed E-state index contributed by atoms with van der Waals surface area (Å²) < 4.78 is 3.13. The number of nitrogens with zero attached hydrogens (tertiary/aromatic N) is 5. The summed E-state index contributed by atoms with van der Waals surface area (Å²) in [6, 6.07) is 7.08. The first-order valence-electron chi connectivity index (χ1n) is 8.89. The van der Waals surface area contributed by atoms with Gasteiger partial charge in [-0.15, -0.1) is 11.3 Å². The topological polar surface area (TPSA) is 108 Å². The third-order valence-electron chi connectivity index (χ3n) is 4.27. The lowest BCUT2D eigenvalue weighted by Crippen LogP contribution is -2.09. The van der Waals surface area contributed by atoms with Gasteiger partial charge in [0, 0.05) is 6.20 Å². The molecule has 9 nitrogen and oxygen atoms in total. The van der Waals surface area contributed by atoms with Gasteiger partial charge in [-0.2, -0.15) is 10.2 Å². The summed E-state index contributed by atoms with van der Waals surface area (Å²) in [5, 5.41) is 24.5. The maximum Gasteiger partial charge on any atom is 0.307 e. The first-order valence-corrected chi connectivity index (χ1v) is 10.5. The highest BCUT2D eigenvalue weighted by Gasteiger charge is 2.13. The Morgan fingerprint density at radius 2 is 1.81 bits per heavy atom. The normalized spacial score (nSPS) is 10.9. The molecule has 0 spiro atoms. The summed E-state index contributed by atoms with van der Waals surface area (Å²) in [5.74, 6) is -0.267. The van der Waals surface area contributed by atoms with Gasteiger partial charge in [0.25, 0.3) is 5.91 Å². The third kappa shape index (κ3) is 5.10. The number of hydrogen-bond acceptors (Lipinski definition) is 6. The molecule has 1 amide bonds. The van der Waals surface area contributed by atoms with Crippen LogP contribution in [-0.4, -0.2) is 30.4 Å². The van der Waals surface area contributed by atoms with Crippen LogP contribution in [0.5, 0.6) is 0 Å². The molecule has 0 atom stereocenters. The number of nitrogens with one attached hydrogen (secondary N) is 1. The zero-order chi connectivity index (χ0) is 22.0. The highest BCUT2D eigenvalue weighted by molar-refractivity contribution is 7.12. The minimum absolute atomic E-state index is 0.0777. The van der Waals surface area contributed by atoms with E-state index in [0.29, 0.717) is 33.7 Å². The van der Waals surface area contributed by atoms with Gasteiger partial charge >= 0.3 is 5.69 Å². The number of hydrogen-bond donors (Lipinski definition) is 1. The van der Waals surface area contributed by atoms with Crippen LogP contribution in [0.1, 0.15) is 20.8 Å². The number of thiophene rings is 1. The molecule has 0 bridgehead atoms. The lowest BCUT2D eigenvalue weighted by Gasteiger charge is -2.03. The van der Waals surface area contributed by atoms with E-state index in [0.717, 1.165) is 11.1 Å². The number of aromatic nitrogens is 4. The molecule has 4 aromatic rings. The molecule has 3 aromatic heterocycles. The van der Waals surface area contributed by atoms with Crippen molar-refractivity contribution in [2.45, 2.75) is 13.1 Å². The first kappa shape index (κ1) is 21.0. The molecule has 1 N–H and O–H groups in total. The first-order chi connectivity index (χ1) is 14.9. The number of benzene rings is 1. The van der Waals surface area contributed by atoms with Crippen LogP contribution in [0.25, 0.3) is 0 Å². The Morgan fingerprint density at radius 3 is 2.55 bits per heavy atom. The van der Waals surface area contributed by atoms with E-state index in [1.807, 2.05) is 11.4 Å². The van der Waals surface area contributed by atoms with Crippen molar-refractivity contribution in [1.82, 2.24) is 19.6 Å². The van der Waals surface area contributed by atoms with Crippen molar-refractivity contribution in [2.75, 3.05) is 5.32 Å². The van der Waals surface area contributed by atoms with E-state index in [9.17, 15) is 14.9 Å². The molecule has 0 saturated heterocycles. The van der Waals surface area contributed by atoms with Gasteiger partial charge in [0.2, 0.25) is 0 Å². The molecule has 0 aliphatic carbocycles. The summed E-state index contributed by atoms with van der Waals surface area (Å²) in [5.41, 5.74) is 2.23. The molecule has 12 heteroatoms. The quantitative estimate of drug-likeness (QED) is 0.307. The molecular weight excluding hydrogens is 463 g/mol. The second-order valence-electron chi connectivity index (χ2n) is 6.60. The lowest BCUT2D eigenvalue weighted by atomic mass is 10.2. The van der Waals surface area contributed by atoms with Gasteiger partial charge in [0.1, 0.15) is 12.4 Å². The fourth-order valence-electron chi connectivity index (χ4n) is 2.83. The van der Waals surface area contributed by atoms with Gasteiger partial charge in [-0.25, -0.2) is 0 Å². The van der Waals surface area contributed by atoms with E-state index >= 15 is 0 Å². The minimum atomic E-state index is -0.502. The predicted molar refractivity (Wildman–Crippen MR) is 118 cm³/mol. The molecule has 0 radical (unpaired) electrons. The average molecular weight is 477 g/mol. The summed E-state index contributed by atoms with van der Waals surface area (Å²) in [6.45, 7) is 0.811. The zero-order valence-corrected chi connectivity index (χ0v) is 18.1. The monoisotopic (exact) mass is 476 g/mol. The molecule has 3 heterocycles. The van der Waals surface area contributed by atoms with Gasteiger partial charge in [-0.05, 0) is 34.7 Å². The van der Waals surface area contributed by atoms with Crippen molar-refractivity contribution in [2.24, 2.45) is 0 Å². The Labute approximate surface area is 190 Å². The summed E-state index contributed by atoms with van der Waals surface area (Å²) in [4.78, 5) is 23.3. The van der Waals surface area contributed by atoms with Crippen LogP contribution in [0, 0.1) is 10.1 Å². The Morgan fingerprint density at radius 1 is 1.06 bits per heavy atom. The minimum Gasteiger partial charge on any atom is -0.319 e. The van der Waals surface area contributed by atoms with Crippen molar-refractivity contribution >= 4 is 51.8 Å². The van der Waals surface area contributed by atoms with Crippen LogP contribution >= 0.6 is 34.5 Å². The van der Waals surface area contributed by atoms with E-state index in [4.69, 9.17) is 23.2 Å². The van der Waals surface area contributed by atoms with Crippen molar-refractivity contribution < 1.29 is 9.72 Å². The zero-order valence-electron chi connectivity index (χ0n) is 15.7. The molecule has 31 heavy (non-hydrogen) atoms. The summed E-state index contributed by atoms with van der Waals surface area (Å²) in [7, 11) is 0. The standard InChI is InChI=1S/C19H14Cl2N6O3S/c20-16-2-1-12(3-17(16)21)7-25-9-14(5-22-25)24-19(28)18-4-13(11-31-18)8-26-10-15(6-23-26)27(29)30/h1-6,9-11H,7-8H2,(H,24,28). The van der Waals surface area contributed by atoms with Gasteiger partial charge in [0.05, 0.1) is 44.8 Å². The molecule has 0 unspecified atom stereocenters. The Hall–Kier alpha value is -3.21. The largest absolute Gasteiger partial charge is 0.319 e. The molecule has 1 aromatic carbocycles. The van der Waals surface area contributed by atoms with Crippen molar-refractivity contribution in [1.29, 1.82) is 0 Å². The molecular formula is C19H14Cl2N6O3S. The van der Waals surface area contributed by atoms with Crippen LogP contribution in [0.15, 0.2) is 54.4 Å². The number of halogens is 2. The number of carbonyl (C=O) groups is 1. The highest BCUT2D eigenvalue weighted by atomic mass is 35.5. The van der Waals surface area contributed by atoms with Crippen LogP contribution in [0.3, 0.4) is 0 Å². The van der Waals surface area contributed by atoms with Crippen LogP contribution in [0.4, 0.5) is 11.4 Å². The van der Waals surface area contributed by atoms with Gasteiger partial charge in [-0.1, -0.05) is 29.3 Å². The number of rotatable bonds is 7. The van der Waals surface area contributed by atoms with E-state index in [1.54, 1.807) is 35.3 Å². The van der Waals surface area contributed by atoms with Crippen molar-refractivity contribution in [3.05, 3.63) is 90.6 Å². The Bertz CT molecular complexity index is 1270. The van der Waals surface area contributed by atoms with E-state index in [2.05, 4.69) is 15.5 Å². The van der Waals surface area contributed by atoms with Gasteiger partial charge < -0.3 is 5.32 Å². The predicted octanol–water partition coefficient (Wildman–Crippen LogP) is 4.71. The number of nitro groups is 1. The van der Waals surface area contributed by atoms with E-state index < -0.39 is 4.92 Å². The molecule has 0 aliphatic rings. The Kier molecular flexibility index (Phi) is 6.03. The fraction of sp³-hybridized carbons (Fsp3) is 0.105. The smallest absolute Gasteiger partial charge is 0.307 e. The molecule has 0 aliphatic heterocycles. The van der Waals surface area contributed by atoms with Crippen molar-refractivity contribution in [3.8, 4) is 0 Å². The molecule has 4 rings (SSSR count). The Balaban J connectivity index is 1.37. The maximum atomic E-state index is 12.5. The van der Waals surface area contributed by atoms with E-state index in [-0.39, 0.29) is 11.6 Å². The second-order valence-corrected chi connectivity index (χ2v) is 8.33. The van der Waals surface area contributed by atoms with E-state index in [1.165, 1.54) is 28.4 Å². The summed E-state index contributed by atoms with van der Waals surface area (Å²) in [6.07, 6.45) is 5.82. The molecule has 0 saturated carbocycles. The number of anilines is 1. The SMILES string of the molecule is O=C(Nc1cnn(Cc2ccc(Cl)c(Cl)c2)c1)c1cc(Cn2cc([N+](=O)[O-])cn2)cs1. The summed E-state index contributed by atoms with van der Waals surface area (Å²) >= 11 is 13.2. The van der Waals surface area contributed by atoms with Crippen LogP contribution in [0.2, 0.25) is 10.0 Å². The van der Waals surface area contributed by atoms with Gasteiger partial charge in [0.15, 0.2) is 0 Å². The maximum absolute atomic E-state index is 12.5. The highest BCUT2D eigenvalue weighted by Crippen LogP contribution is 2.23. The number of carbonyl (C=O) groups excluding carboxylic acids is 1. The third-order valence-corrected chi connectivity index (χ3v) is 5.99. The van der Waals surface area contributed by atoms with Crippen molar-refractivity contribution in [3.63, 3.8) is 0 Å². The van der Waals surface area contributed by atoms with Crippen LogP contribution in [-0.2, 0) is 13.1 Å². The second kappa shape index (κ2) is 8.88. The fourth-order valence-corrected chi connectivity index (χ4v) is 3.95. The van der Waals surface area contributed by atoms with Gasteiger partial charge in [-0.3, -0.25) is 24.3 Å². The lowest BCUT2D eigenvalue weighted by molar-refractivity contribution is -0.385.